The fourth-order valence-electron chi connectivity index (χ4n) is 3.55. The molecule has 1 aliphatic heterocycles. The Bertz CT molecular complexity index is 933. The molecule has 0 radical (unpaired) electrons. The number of rotatable bonds is 3. The lowest BCUT2D eigenvalue weighted by Crippen LogP contribution is -2.41. The Morgan fingerprint density at radius 3 is 2.34 bits per heavy atom. The smallest absolute Gasteiger partial charge is 0.406 e. The van der Waals surface area contributed by atoms with Gasteiger partial charge in [-0.15, -0.1) is 13.2 Å². The third-order valence-corrected chi connectivity index (χ3v) is 5.15. The number of anilines is 1. The highest BCUT2D eigenvalue weighted by molar-refractivity contribution is 5.82. The summed E-state index contributed by atoms with van der Waals surface area (Å²) in [6.07, 6.45) is 0.137. The number of piperidine rings is 1. The minimum atomic E-state index is -4.67. The first-order valence-corrected chi connectivity index (χ1v) is 9.17. The Balaban J connectivity index is 0.00000117. The number of ether oxygens (including phenoxy) is 1. The maximum absolute atomic E-state index is 12.3. The minimum absolute atomic E-state index is 0.118. The molecule has 0 saturated carbocycles. The van der Waals surface area contributed by atoms with Crippen LogP contribution < -0.4 is 15.4 Å². The molecule has 3 aromatic rings. The number of alkyl halides is 3. The van der Waals surface area contributed by atoms with Gasteiger partial charge in [0.2, 0.25) is 0 Å². The van der Waals surface area contributed by atoms with Gasteiger partial charge >= 0.3 is 6.36 Å². The van der Waals surface area contributed by atoms with Crippen molar-refractivity contribution < 1.29 is 17.9 Å². The van der Waals surface area contributed by atoms with Gasteiger partial charge < -0.3 is 20.4 Å². The molecule has 0 bridgehead atoms. The van der Waals surface area contributed by atoms with Crippen molar-refractivity contribution in [2.45, 2.75) is 31.5 Å². The van der Waals surface area contributed by atoms with E-state index < -0.39 is 6.36 Å². The van der Waals surface area contributed by atoms with Crippen molar-refractivity contribution in [2.75, 3.05) is 25.0 Å². The molecule has 1 aliphatic rings. The molecule has 2 aromatic heterocycles. The van der Waals surface area contributed by atoms with E-state index in [4.69, 9.17) is 0 Å². The van der Waals surface area contributed by atoms with Gasteiger partial charge in [-0.05, 0) is 43.0 Å². The summed E-state index contributed by atoms with van der Waals surface area (Å²) in [4.78, 5) is 17.9. The number of hydrogen-bond acceptors (Lipinski definition) is 6. The van der Waals surface area contributed by atoms with Crippen molar-refractivity contribution in [2.24, 2.45) is 5.73 Å². The number of nitrogens with one attached hydrogen (secondary N) is 1. The summed E-state index contributed by atoms with van der Waals surface area (Å²) in [5.41, 5.74) is 6.84. The Morgan fingerprint density at radius 1 is 1.07 bits per heavy atom. The number of aromatic nitrogens is 4. The Hall–Kier alpha value is -2.88. The van der Waals surface area contributed by atoms with Crippen LogP contribution in [0.25, 0.3) is 11.2 Å². The third-order valence-electron chi connectivity index (χ3n) is 5.15. The summed E-state index contributed by atoms with van der Waals surface area (Å²) < 4.78 is 40.9. The zero-order valence-corrected chi connectivity index (χ0v) is 16.2. The molecule has 29 heavy (non-hydrogen) atoms. The molecular formula is C19H23F3N6O. The van der Waals surface area contributed by atoms with Crippen molar-refractivity contribution in [3.63, 3.8) is 0 Å². The summed E-state index contributed by atoms with van der Waals surface area (Å²) >= 11 is 0. The van der Waals surface area contributed by atoms with E-state index in [0.717, 1.165) is 42.8 Å². The number of imidazole rings is 1. The number of halogens is 3. The van der Waals surface area contributed by atoms with Crippen LogP contribution in [0, 0.1) is 0 Å². The van der Waals surface area contributed by atoms with E-state index in [1.54, 1.807) is 18.5 Å². The Morgan fingerprint density at radius 2 is 1.72 bits per heavy atom. The molecule has 0 aliphatic carbocycles. The highest BCUT2D eigenvalue weighted by Crippen LogP contribution is 2.37. The molecule has 7 nitrogen and oxygen atoms in total. The predicted octanol–water partition coefficient (Wildman–Crippen LogP) is 3.38. The number of aromatic amines is 1. The summed E-state index contributed by atoms with van der Waals surface area (Å²) in [5.74, 6) is 0.628. The van der Waals surface area contributed by atoms with Crippen LogP contribution in [0.2, 0.25) is 0 Å². The highest BCUT2D eigenvalue weighted by Gasteiger charge is 2.34. The summed E-state index contributed by atoms with van der Waals surface area (Å²) in [6, 6.07) is 6.18. The molecule has 10 heteroatoms. The van der Waals surface area contributed by atoms with Crippen molar-refractivity contribution in [3.8, 4) is 5.75 Å². The van der Waals surface area contributed by atoms with Gasteiger partial charge in [-0.1, -0.05) is 19.1 Å². The van der Waals surface area contributed by atoms with Gasteiger partial charge in [0.05, 0.1) is 6.33 Å². The maximum atomic E-state index is 12.3. The van der Waals surface area contributed by atoms with Crippen molar-refractivity contribution in [3.05, 3.63) is 42.5 Å². The number of benzene rings is 1. The zero-order valence-electron chi connectivity index (χ0n) is 16.2. The van der Waals surface area contributed by atoms with Crippen molar-refractivity contribution >= 4 is 17.0 Å². The van der Waals surface area contributed by atoms with Crippen LogP contribution in [0.5, 0.6) is 5.75 Å². The van der Waals surface area contributed by atoms with E-state index in [9.17, 15) is 13.2 Å². The van der Waals surface area contributed by atoms with Crippen LogP contribution in [-0.4, -0.2) is 46.4 Å². The largest absolute Gasteiger partial charge is 0.573 e. The normalized spacial score (nSPS) is 16.3. The van der Waals surface area contributed by atoms with Gasteiger partial charge in [-0.25, -0.2) is 15.0 Å². The predicted molar refractivity (Wildman–Crippen MR) is 104 cm³/mol. The number of H-pyrrole nitrogens is 1. The standard InChI is InChI=1S/C18H18F3N5O.CH5N/c1-17(12-2-4-13(5-3-12)27-18(19,20)21)6-8-26(9-7-17)16-14-15(23-10-22-14)24-11-25-16;1-2/h2-5,10-11H,6-9H2,1H3,(H,22,23,24,25);2H2,1H3. The van der Waals surface area contributed by atoms with E-state index in [1.165, 1.54) is 25.5 Å². The maximum Gasteiger partial charge on any atom is 0.573 e. The quantitative estimate of drug-likeness (QED) is 0.690. The molecule has 1 aromatic carbocycles. The van der Waals surface area contributed by atoms with E-state index in [1.807, 2.05) is 0 Å². The number of hydrogen-bond donors (Lipinski definition) is 2. The molecule has 1 fully saturated rings. The monoisotopic (exact) mass is 408 g/mol. The van der Waals surface area contributed by atoms with Crippen molar-refractivity contribution in [1.82, 2.24) is 19.9 Å². The summed E-state index contributed by atoms with van der Waals surface area (Å²) in [7, 11) is 1.50. The second-order valence-electron chi connectivity index (χ2n) is 6.92. The Kier molecular flexibility index (Phi) is 5.92. The van der Waals surface area contributed by atoms with E-state index in [-0.39, 0.29) is 11.2 Å². The minimum Gasteiger partial charge on any atom is -0.406 e. The second kappa shape index (κ2) is 8.24. The lowest BCUT2D eigenvalue weighted by atomic mass is 9.74. The third kappa shape index (κ3) is 4.58. The molecule has 0 atom stereocenters. The molecule has 0 amide bonds. The lowest BCUT2D eigenvalue weighted by Gasteiger charge is -2.40. The van der Waals surface area contributed by atoms with E-state index in [0.29, 0.717) is 5.65 Å². The first kappa shape index (κ1) is 20.8. The molecule has 1 saturated heterocycles. The fourth-order valence-corrected chi connectivity index (χ4v) is 3.55. The average molecular weight is 408 g/mol. The van der Waals surface area contributed by atoms with Gasteiger partial charge in [0.1, 0.15) is 17.6 Å². The average Bonchev–Trinajstić information content (AvgIpc) is 3.18. The summed E-state index contributed by atoms with van der Waals surface area (Å²) in [6.45, 7) is 3.70. The fraction of sp³-hybridized carbons (Fsp3) is 0.421. The van der Waals surface area contributed by atoms with E-state index >= 15 is 0 Å². The molecular weight excluding hydrogens is 385 g/mol. The van der Waals surface area contributed by atoms with Gasteiger partial charge in [-0.2, -0.15) is 0 Å². The first-order chi connectivity index (χ1) is 13.8. The number of nitrogens with zero attached hydrogens (tertiary/aromatic N) is 4. The SMILES string of the molecule is CC1(c2ccc(OC(F)(F)F)cc2)CCN(c2ncnc3nc[nH]c23)CC1.CN. The zero-order chi connectivity index (χ0) is 21.1. The topological polar surface area (TPSA) is 93.0 Å². The molecule has 0 unspecified atom stereocenters. The van der Waals surface area contributed by atoms with Crippen LogP contribution in [0.1, 0.15) is 25.3 Å². The van der Waals surface area contributed by atoms with Crippen molar-refractivity contribution in [1.29, 1.82) is 0 Å². The number of fused-ring (bicyclic) bond motifs is 1. The van der Waals surface area contributed by atoms with Gasteiger partial charge in [0, 0.05) is 13.1 Å². The van der Waals surface area contributed by atoms with Crippen LogP contribution in [0.4, 0.5) is 19.0 Å². The molecule has 3 heterocycles. The van der Waals surface area contributed by atoms with E-state index in [2.05, 4.69) is 42.2 Å². The Labute approximate surface area is 166 Å². The first-order valence-electron chi connectivity index (χ1n) is 9.17. The number of nitrogens with two attached hydrogens (primary N) is 1. The molecule has 156 valence electrons. The van der Waals surface area contributed by atoms with Gasteiger partial charge in [0.25, 0.3) is 0 Å². The molecule has 4 rings (SSSR count). The molecule has 0 spiro atoms. The van der Waals surface area contributed by atoms with Crippen LogP contribution in [-0.2, 0) is 5.41 Å². The molecule has 3 N–H and O–H groups in total. The second-order valence-corrected chi connectivity index (χ2v) is 6.92. The van der Waals surface area contributed by atoms with Crippen LogP contribution >= 0.6 is 0 Å². The van der Waals surface area contributed by atoms with Gasteiger partial charge in [0.15, 0.2) is 11.5 Å². The highest BCUT2D eigenvalue weighted by atomic mass is 19.4. The lowest BCUT2D eigenvalue weighted by molar-refractivity contribution is -0.274. The summed E-state index contributed by atoms with van der Waals surface area (Å²) in [5, 5.41) is 0. The van der Waals surface area contributed by atoms with Crippen LogP contribution in [0.15, 0.2) is 36.9 Å². The van der Waals surface area contributed by atoms with Gasteiger partial charge in [-0.3, -0.25) is 0 Å². The van der Waals surface area contributed by atoms with Crippen LogP contribution in [0.3, 0.4) is 0 Å².